The number of carbonyl (C=O) groups is 3. The van der Waals surface area contributed by atoms with Gasteiger partial charge in [0.05, 0.1) is 114 Å². The Balaban J connectivity index is 0.00000230. The van der Waals surface area contributed by atoms with Crippen LogP contribution in [0.4, 0.5) is 0 Å². The van der Waals surface area contributed by atoms with E-state index in [4.69, 9.17) is 56.1 Å². The summed E-state index contributed by atoms with van der Waals surface area (Å²) in [6.45, 7) is 4.73. The van der Waals surface area contributed by atoms with Crippen LogP contribution in [-0.4, -0.2) is 300 Å². The van der Waals surface area contributed by atoms with Gasteiger partial charge in [0.25, 0.3) is 0 Å². The first-order valence-corrected chi connectivity index (χ1v) is 34.0. The van der Waals surface area contributed by atoms with Gasteiger partial charge in [-0.3, -0.25) is 32.5 Å². The lowest BCUT2D eigenvalue weighted by molar-refractivity contribution is -0.282. The summed E-state index contributed by atoms with van der Waals surface area (Å²) >= 11 is 0. The van der Waals surface area contributed by atoms with Crippen molar-refractivity contribution in [3.8, 4) is 0 Å². The highest BCUT2D eigenvalue weighted by molar-refractivity contribution is 7.47. The van der Waals surface area contributed by atoms with Gasteiger partial charge in [-0.15, -0.1) is 0 Å². The Hall–Kier alpha value is -1.99. The molecule has 9 unspecified atom stereocenters. The van der Waals surface area contributed by atoms with Crippen molar-refractivity contribution in [1.82, 2.24) is 14.7 Å². The van der Waals surface area contributed by atoms with E-state index in [0.29, 0.717) is 0 Å². The van der Waals surface area contributed by atoms with E-state index in [1.54, 1.807) is 34.6 Å². The van der Waals surface area contributed by atoms with Gasteiger partial charge in [0.1, 0.15) is 36.6 Å². The molecule has 13 N–H and O–H groups in total. The Kier molecular flexibility index (Phi) is 33.3. The lowest BCUT2D eigenvalue weighted by Crippen LogP contribution is -2.55. The Morgan fingerprint density at radius 3 is 1.15 bits per heavy atom. The van der Waals surface area contributed by atoms with Crippen LogP contribution in [-0.2, 0) is 79.3 Å². The van der Waals surface area contributed by atoms with Crippen molar-refractivity contribution in [3.05, 3.63) is 0 Å². The highest BCUT2D eigenvalue weighted by Crippen LogP contribution is 2.50. The van der Waals surface area contributed by atoms with Crippen molar-refractivity contribution in [3.63, 3.8) is 0 Å². The Bertz CT molecular complexity index is 2270. The molecule has 0 bridgehead atoms. The Labute approximate surface area is 519 Å². The maximum absolute atomic E-state index is 13.9. The molecule has 0 saturated carbocycles. The monoisotopic (exact) mass is 1350 g/mol. The topological polar surface area (TPSA) is 477 Å². The number of hydrogen-bond acceptors (Lipinski definition) is 27. The molecular weight excluding hydrogens is 1250 g/mol. The number of likely N-dealkylation sites (tertiary alicyclic amines) is 3. The van der Waals surface area contributed by atoms with Crippen molar-refractivity contribution < 1.29 is 145 Å². The van der Waals surface area contributed by atoms with Gasteiger partial charge in [-0.2, -0.15) is 4.89 Å². The number of methoxy groups -OCH3 is 1. The van der Waals surface area contributed by atoms with Gasteiger partial charge in [0, 0.05) is 63.8 Å². The van der Waals surface area contributed by atoms with E-state index in [1.165, 1.54) is 21.8 Å². The molecule has 0 radical (unpaired) electrons. The van der Waals surface area contributed by atoms with Crippen molar-refractivity contribution in [2.24, 2.45) is 17.8 Å². The number of β-amino-alcohol motifs (C(OH)–C–C–N with tert-alkyl or cyclic N) is 1. The van der Waals surface area contributed by atoms with Crippen molar-refractivity contribution >= 4 is 41.4 Å². The third-order valence-corrected chi connectivity index (χ3v) is 19.3. The zero-order valence-corrected chi connectivity index (χ0v) is 53.2. The van der Waals surface area contributed by atoms with Crippen LogP contribution in [0.1, 0.15) is 99.8 Å². The first-order valence-electron chi connectivity index (χ1n) is 29.7. The first-order chi connectivity index (χ1) is 41.5. The predicted octanol–water partition coefficient (Wildman–Crippen LogP) is -1.82. The van der Waals surface area contributed by atoms with E-state index < -0.39 is 197 Å². The minimum Gasteiger partial charge on any atom is -0.394 e. The summed E-state index contributed by atoms with van der Waals surface area (Å²) in [6, 6.07) is -2.48. The SMILES string of the molecule is C.CC(C)[P+](=O)O.COC[C@@H]1C[C@@H](OP(=O)(O)OC[C@@H]2C[C@@H](OP(=O)(O)OC[C@@H]3C[C@@H](O)CN3C(=O)CCCO[C@@H]3OC(CO)[C@H](O)[C@H](O)C3C)CN2C(=O)CCCO[C@@H]2OC(CO)[C@H](O)[C@H](O)C2C)CN1C(=O)CCCO[C@@H]1OC(CO)[C@H](O)[C@H](O)C1C. The second kappa shape index (κ2) is 37.3. The summed E-state index contributed by atoms with van der Waals surface area (Å²) in [7, 11) is -10.5. The van der Waals surface area contributed by atoms with Gasteiger partial charge < -0.3 is 109 Å². The summed E-state index contributed by atoms with van der Waals surface area (Å²) < 4.78 is 98.2. The zero-order chi connectivity index (χ0) is 65.4. The summed E-state index contributed by atoms with van der Waals surface area (Å²) in [5.41, 5.74) is -0.0833. The number of phosphoric ester groups is 2. The van der Waals surface area contributed by atoms with E-state index in [0.717, 1.165) is 0 Å². The number of hydrogen-bond donors (Lipinski definition) is 13. The highest BCUT2D eigenvalue weighted by Gasteiger charge is 2.48. The first kappa shape index (κ1) is 79.4. The number of aliphatic hydroxyl groups is 10. The molecule has 3 amide bonds. The molecule has 6 aliphatic rings. The number of rotatable bonds is 31. The fourth-order valence-corrected chi connectivity index (χ4v) is 13.0. The van der Waals surface area contributed by atoms with E-state index in [9.17, 15) is 88.9 Å². The lowest BCUT2D eigenvalue weighted by Gasteiger charge is -2.40. The largest absolute Gasteiger partial charge is 0.508 e. The molecule has 36 heteroatoms. The van der Waals surface area contributed by atoms with Crippen LogP contribution in [0.5, 0.6) is 0 Å². The van der Waals surface area contributed by atoms with Gasteiger partial charge in [-0.1, -0.05) is 28.2 Å². The second-order valence-corrected chi connectivity index (χ2v) is 27.9. The average molecular weight is 1350 g/mol. The summed E-state index contributed by atoms with van der Waals surface area (Å²) in [6.07, 6.45) is -17.1. The molecule has 0 spiro atoms. The Morgan fingerprint density at radius 2 is 0.843 bits per heavy atom. The molecule has 0 aromatic rings. The smallest absolute Gasteiger partial charge is 0.394 e. The number of aliphatic hydroxyl groups excluding tert-OH is 10. The van der Waals surface area contributed by atoms with Crippen LogP contribution in [0.2, 0.25) is 0 Å². The maximum Gasteiger partial charge on any atom is 0.508 e. The fraction of sp³-hybridized carbons (Fsp3) is 0.943. The molecule has 24 atom stereocenters. The molecular formula is C53H99N3O30P3+. The van der Waals surface area contributed by atoms with Crippen molar-refractivity contribution in [1.29, 1.82) is 0 Å². The van der Waals surface area contributed by atoms with Crippen molar-refractivity contribution in [2.75, 3.05) is 86.2 Å². The van der Waals surface area contributed by atoms with E-state index in [1.807, 2.05) is 0 Å². The van der Waals surface area contributed by atoms with Crippen LogP contribution < -0.4 is 0 Å². The van der Waals surface area contributed by atoms with E-state index in [-0.39, 0.29) is 123 Å². The maximum atomic E-state index is 13.9. The van der Waals surface area contributed by atoms with E-state index in [2.05, 4.69) is 0 Å². The molecule has 6 rings (SSSR count). The minimum absolute atomic E-state index is 0. The summed E-state index contributed by atoms with van der Waals surface area (Å²) in [5, 5.41) is 101. The normalized spacial score (nSPS) is 36.5. The molecule has 0 aliphatic carbocycles. The van der Waals surface area contributed by atoms with Gasteiger partial charge in [-0.05, 0) is 56.9 Å². The van der Waals surface area contributed by atoms with Gasteiger partial charge in [-0.25, -0.2) is 9.13 Å². The second-order valence-electron chi connectivity index (χ2n) is 23.4. The van der Waals surface area contributed by atoms with Gasteiger partial charge in [0.2, 0.25) is 17.7 Å². The van der Waals surface area contributed by atoms with Gasteiger partial charge in [0.15, 0.2) is 24.5 Å². The molecule has 89 heavy (non-hydrogen) atoms. The molecule has 6 aliphatic heterocycles. The lowest BCUT2D eigenvalue weighted by atomic mass is 9.92. The number of amides is 3. The molecule has 6 heterocycles. The molecule has 6 fully saturated rings. The predicted molar refractivity (Wildman–Crippen MR) is 308 cm³/mol. The molecule has 0 aromatic carbocycles. The van der Waals surface area contributed by atoms with Crippen LogP contribution in [0.15, 0.2) is 0 Å². The third-order valence-electron chi connectivity index (χ3n) is 16.3. The molecule has 520 valence electrons. The third kappa shape index (κ3) is 23.1. The summed E-state index contributed by atoms with van der Waals surface area (Å²) in [4.78, 5) is 74.9. The Morgan fingerprint density at radius 1 is 0.539 bits per heavy atom. The van der Waals surface area contributed by atoms with Gasteiger partial charge >= 0.3 is 23.7 Å². The van der Waals surface area contributed by atoms with Crippen LogP contribution in [0.25, 0.3) is 0 Å². The molecule has 0 aromatic heterocycles. The molecule has 6 saturated heterocycles. The minimum atomic E-state index is -5.00. The average Bonchev–Trinajstić information content (AvgIpc) is 4.23. The van der Waals surface area contributed by atoms with Crippen LogP contribution >= 0.6 is 23.7 Å². The van der Waals surface area contributed by atoms with E-state index >= 15 is 0 Å². The number of phosphoric acid groups is 2. The number of carbonyl (C=O) groups excluding carboxylic acids is 3. The molecule has 33 nitrogen and oxygen atoms in total. The van der Waals surface area contributed by atoms with Crippen molar-refractivity contribution in [2.45, 2.75) is 216 Å². The number of nitrogens with zero attached hydrogens (tertiary/aromatic N) is 3. The zero-order valence-electron chi connectivity index (χ0n) is 50.5. The van der Waals surface area contributed by atoms with Crippen LogP contribution in [0, 0.1) is 17.8 Å². The number of ether oxygens (including phenoxy) is 7. The standard InChI is InChI=1S/C49H87N3O28P2.C3H7O2P.CH4/c1-26-41(60)44(63)35(20-53)76-47(26)71-11-5-8-38(57)50-17-32(56)14-29(50)24-74-81(66,67)80-34-16-31(52(19-34)40(59)10-7-13-73-49-28(3)43(62)46(65)37(22-55)78-49)25-75-82(68,69)79-33-15-30(23-70-4)51(18-33)39(58)9-6-12-72-48-27(2)42(61)45(64)36(21-54)77-48;1-3(2)6(4)5;/h26-37,41-49,53-56,60-65H,5-25H2,1-4H3,(H,66,67)(H,68,69);3H,1-2H3;1H4/p+1/t26?,27?,28?,29-,30-,31-,32+,33+,34+,35?,36?,37?,41+,42+,43+,44-,45-,46-,47+,48+,49+;;/m0../s1. The highest BCUT2D eigenvalue weighted by atomic mass is 31.2. The van der Waals surface area contributed by atoms with Crippen LogP contribution in [0.3, 0.4) is 0 Å². The quantitative estimate of drug-likeness (QED) is 0.0268. The fourth-order valence-electron chi connectivity index (χ4n) is 11.1. The summed E-state index contributed by atoms with van der Waals surface area (Å²) in [5.74, 6) is -3.33.